The normalized spacial score (nSPS) is 9.42. The Morgan fingerprint density at radius 1 is 1.33 bits per heavy atom. The third-order valence-electron chi connectivity index (χ3n) is 1.60. The van der Waals surface area contributed by atoms with Crippen LogP contribution in [0.5, 0.6) is 0 Å². The Hall–Kier alpha value is -1.19. The summed E-state index contributed by atoms with van der Waals surface area (Å²) in [7, 11) is 0. The Bertz CT molecular complexity index is 183. The van der Waals surface area contributed by atoms with Gasteiger partial charge in [0, 0.05) is 0 Å². The molecule has 0 bridgehead atoms. The summed E-state index contributed by atoms with van der Waals surface area (Å²) >= 11 is 0. The van der Waals surface area contributed by atoms with Gasteiger partial charge in [0.15, 0.2) is 0 Å². The standard InChI is InChI=1S/C8H15NO3/c1-2-3-4-5-6(7(9)10)8(11)12/h11-12H,2-5H2,1H3,(H2,9,10). The lowest BCUT2D eigenvalue weighted by Gasteiger charge is -2.01. The molecule has 70 valence electrons. The number of unbranched alkanes of at least 4 members (excludes halogenated alkanes) is 2. The molecule has 0 unspecified atom stereocenters. The fourth-order valence-electron chi connectivity index (χ4n) is 0.897. The fraction of sp³-hybridized carbons (Fsp3) is 0.625. The van der Waals surface area contributed by atoms with Crippen LogP contribution in [0.1, 0.15) is 32.6 Å². The van der Waals surface area contributed by atoms with Gasteiger partial charge < -0.3 is 15.9 Å². The Morgan fingerprint density at radius 3 is 2.25 bits per heavy atom. The van der Waals surface area contributed by atoms with Crippen molar-refractivity contribution in [2.75, 3.05) is 0 Å². The number of primary amides is 1. The second-order valence-corrected chi connectivity index (χ2v) is 2.62. The van der Waals surface area contributed by atoms with Gasteiger partial charge in [0.25, 0.3) is 11.9 Å². The average Bonchev–Trinajstić information content (AvgIpc) is 1.96. The number of carbonyl (C=O) groups excluding carboxylic acids is 1. The first kappa shape index (κ1) is 10.8. The molecule has 1 amide bonds. The van der Waals surface area contributed by atoms with Crippen LogP contribution in [0.25, 0.3) is 0 Å². The van der Waals surface area contributed by atoms with E-state index in [9.17, 15) is 4.79 Å². The van der Waals surface area contributed by atoms with Crippen LogP contribution in [0.3, 0.4) is 0 Å². The number of rotatable bonds is 5. The predicted octanol–water partition coefficient (Wildman–Crippen LogP) is 1.38. The molecule has 0 aromatic carbocycles. The molecule has 0 rings (SSSR count). The second-order valence-electron chi connectivity index (χ2n) is 2.62. The summed E-state index contributed by atoms with van der Waals surface area (Å²) < 4.78 is 0. The van der Waals surface area contributed by atoms with E-state index in [4.69, 9.17) is 15.9 Å². The zero-order chi connectivity index (χ0) is 9.56. The van der Waals surface area contributed by atoms with E-state index in [-0.39, 0.29) is 5.57 Å². The second kappa shape index (κ2) is 5.46. The summed E-state index contributed by atoms with van der Waals surface area (Å²) in [6.07, 6.45) is 3.05. The smallest absolute Gasteiger partial charge is 0.283 e. The monoisotopic (exact) mass is 173 g/mol. The summed E-state index contributed by atoms with van der Waals surface area (Å²) in [6, 6.07) is 0. The van der Waals surface area contributed by atoms with Crippen LogP contribution in [0.15, 0.2) is 11.5 Å². The summed E-state index contributed by atoms with van der Waals surface area (Å²) in [4.78, 5) is 10.6. The van der Waals surface area contributed by atoms with Crippen molar-refractivity contribution >= 4 is 5.91 Å². The van der Waals surface area contributed by atoms with Gasteiger partial charge in [-0.05, 0) is 12.8 Å². The van der Waals surface area contributed by atoms with Crippen LogP contribution in [-0.2, 0) is 4.79 Å². The van der Waals surface area contributed by atoms with Gasteiger partial charge in [0.1, 0.15) is 0 Å². The third kappa shape index (κ3) is 3.85. The number of hydrogen-bond donors (Lipinski definition) is 3. The molecule has 4 heteroatoms. The Balaban J connectivity index is 4.00. The van der Waals surface area contributed by atoms with Crippen molar-refractivity contribution in [3.8, 4) is 0 Å². The molecular weight excluding hydrogens is 158 g/mol. The van der Waals surface area contributed by atoms with Gasteiger partial charge in [-0.25, -0.2) is 0 Å². The van der Waals surface area contributed by atoms with E-state index < -0.39 is 11.9 Å². The Labute approximate surface area is 71.7 Å². The lowest BCUT2D eigenvalue weighted by Crippen LogP contribution is -2.16. The van der Waals surface area contributed by atoms with Gasteiger partial charge >= 0.3 is 0 Å². The zero-order valence-electron chi connectivity index (χ0n) is 7.21. The summed E-state index contributed by atoms with van der Waals surface area (Å²) in [5, 5.41) is 17.2. The highest BCUT2D eigenvalue weighted by Crippen LogP contribution is 2.10. The van der Waals surface area contributed by atoms with Crippen LogP contribution in [0, 0.1) is 0 Å². The van der Waals surface area contributed by atoms with E-state index >= 15 is 0 Å². The largest absolute Gasteiger partial charge is 0.481 e. The van der Waals surface area contributed by atoms with Crippen molar-refractivity contribution in [2.24, 2.45) is 5.73 Å². The maximum atomic E-state index is 10.6. The maximum Gasteiger partial charge on any atom is 0.283 e. The van der Waals surface area contributed by atoms with Gasteiger partial charge in [-0.15, -0.1) is 0 Å². The molecule has 0 fully saturated rings. The van der Waals surface area contributed by atoms with Crippen LogP contribution in [-0.4, -0.2) is 16.1 Å². The van der Waals surface area contributed by atoms with Gasteiger partial charge in [-0.1, -0.05) is 19.8 Å². The molecular formula is C8H15NO3. The number of aliphatic hydroxyl groups excluding tert-OH is 1. The minimum absolute atomic E-state index is 0.0801. The molecule has 0 atom stereocenters. The first-order valence-corrected chi connectivity index (χ1v) is 4.00. The molecule has 0 radical (unpaired) electrons. The lowest BCUT2D eigenvalue weighted by atomic mass is 10.1. The Kier molecular flexibility index (Phi) is 4.92. The Morgan fingerprint density at radius 2 is 1.92 bits per heavy atom. The molecule has 0 aliphatic heterocycles. The van der Waals surface area contributed by atoms with Crippen LogP contribution < -0.4 is 5.73 Å². The van der Waals surface area contributed by atoms with Crippen molar-refractivity contribution in [3.63, 3.8) is 0 Å². The molecule has 12 heavy (non-hydrogen) atoms. The van der Waals surface area contributed by atoms with E-state index in [0.29, 0.717) is 6.42 Å². The minimum Gasteiger partial charge on any atom is -0.481 e. The van der Waals surface area contributed by atoms with E-state index in [1.165, 1.54) is 0 Å². The van der Waals surface area contributed by atoms with Crippen molar-refractivity contribution in [1.82, 2.24) is 0 Å². The SMILES string of the molecule is CCCCCC(C(N)=O)=C(O)O. The highest BCUT2D eigenvalue weighted by Gasteiger charge is 2.10. The van der Waals surface area contributed by atoms with Gasteiger partial charge in [0.2, 0.25) is 0 Å². The first-order valence-electron chi connectivity index (χ1n) is 4.00. The van der Waals surface area contributed by atoms with Gasteiger partial charge in [0.05, 0.1) is 5.57 Å². The van der Waals surface area contributed by atoms with Gasteiger partial charge in [-0.3, -0.25) is 4.79 Å². The number of amides is 1. The fourth-order valence-corrected chi connectivity index (χ4v) is 0.897. The average molecular weight is 173 g/mol. The molecule has 0 spiro atoms. The number of nitrogens with two attached hydrogens (primary N) is 1. The van der Waals surface area contributed by atoms with Crippen molar-refractivity contribution < 1.29 is 15.0 Å². The van der Waals surface area contributed by atoms with Crippen molar-refractivity contribution in [3.05, 3.63) is 11.5 Å². The summed E-state index contributed by atoms with van der Waals surface area (Å²) in [5.41, 5.74) is 4.82. The van der Waals surface area contributed by atoms with Crippen molar-refractivity contribution in [1.29, 1.82) is 0 Å². The van der Waals surface area contributed by atoms with Crippen molar-refractivity contribution in [2.45, 2.75) is 32.6 Å². The highest BCUT2D eigenvalue weighted by molar-refractivity contribution is 5.91. The zero-order valence-corrected chi connectivity index (χ0v) is 7.21. The highest BCUT2D eigenvalue weighted by atomic mass is 16.5. The van der Waals surface area contributed by atoms with Crippen LogP contribution in [0.4, 0.5) is 0 Å². The molecule has 0 aromatic rings. The molecule has 0 heterocycles. The van der Waals surface area contributed by atoms with Gasteiger partial charge in [-0.2, -0.15) is 0 Å². The van der Waals surface area contributed by atoms with Crippen LogP contribution in [0.2, 0.25) is 0 Å². The molecule has 0 aromatic heterocycles. The quantitative estimate of drug-likeness (QED) is 0.333. The van der Waals surface area contributed by atoms with E-state index in [1.807, 2.05) is 6.92 Å². The lowest BCUT2D eigenvalue weighted by molar-refractivity contribution is -0.115. The molecule has 0 saturated carbocycles. The number of hydrogen-bond acceptors (Lipinski definition) is 3. The van der Waals surface area contributed by atoms with E-state index in [0.717, 1.165) is 19.3 Å². The molecule has 0 aliphatic rings. The number of carbonyl (C=O) groups is 1. The summed E-state index contributed by atoms with van der Waals surface area (Å²) in [6.45, 7) is 2.02. The van der Waals surface area contributed by atoms with E-state index in [1.54, 1.807) is 0 Å². The molecule has 0 aliphatic carbocycles. The maximum absolute atomic E-state index is 10.6. The molecule has 0 saturated heterocycles. The minimum atomic E-state index is -0.946. The molecule has 4 nitrogen and oxygen atoms in total. The topological polar surface area (TPSA) is 83.6 Å². The third-order valence-corrected chi connectivity index (χ3v) is 1.60. The summed E-state index contributed by atoms with van der Waals surface area (Å²) in [5.74, 6) is -1.70. The molecule has 4 N–H and O–H groups in total. The predicted molar refractivity (Wildman–Crippen MR) is 45.6 cm³/mol. The number of aliphatic hydroxyl groups is 2. The van der Waals surface area contributed by atoms with E-state index in [2.05, 4.69) is 0 Å². The first-order chi connectivity index (χ1) is 5.59. The van der Waals surface area contributed by atoms with Crippen LogP contribution >= 0.6 is 0 Å².